The molecule has 0 N–H and O–H groups in total. The third-order valence-corrected chi connectivity index (χ3v) is 7.65. The summed E-state index contributed by atoms with van der Waals surface area (Å²) in [7, 11) is -2.89. The molecule has 0 aliphatic carbocycles. The van der Waals surface area contributed by atoms with Crippen molar-refractivity contribution in [3.63, 3.8) is 0 Å². The minimum absolute atomic E-state index is 0.0849. The predicted molar refractivity (Wildman–Crippen MR) is 120 cm³/mol. The molecule has 0 spiro atoms. The minimum atomic E-state index is -4.21. The fraction of sp³-hybridized carbons (Fsp3) is 0.391. The number of likely N-dealkylation sites (tertiary alicyclic amines) is 1. The van der Waals surface area contributed by atoms with Crippen molar-refractivity contribution in [1.82, 2.24) is 4.90 Å². The number of esters is 1. The van der Waals surface area contributed by atoms with Gasteiger partial charge in [-0.1, -0.05) is 0 Å². The Morgan fingerprint density at radius 3 is 2.35 bits per heavy atom. The van der Waals surface area contributed by atoms with Crippen LogP contribution in [0, 0.1) is 11.7 Å². The fourth-order valence-corrected chi connectivity index (χ4v) is 5.42. The van der Waals surface area contributed by atoms with Gasteiger partial charge < -0.3 is 19.1 Å². The first-order chi connectivity index (χ1) is 16.3. The molecule has 11 heteroatoms. The largest absolute Gasteiger partial charge is 0.486 e. The molecule has 1 amide bonds. The van der Waals surface area contributed by atoms with Crippen LogP contribution in [0.5, 0.6) is 11.5 Å². The Hall–Kier alpha value is -3.34. The molecular formula is C23H25FN2O7S. The van der Waals surface area contributed by atoms with Gasteiger partial charge in [-0.05, 0) is 49.2 Å². The molecule has 0 bridgehead atoms. The Labute approximate surface area is 197 Å². The zero-order valence-corrected chi connectivity index (χ0v) is 19.4. The number of hydrogen-bond donors (Lipinski definition) is 0. The molecule has 4 rings (SSSR count). The van der Waals surface area contributed by atoms with Crippen LogP contribution >= 0.6 is 0 Å². The SMILES string of the molecule is COC(=O)C1CCN(C(=O)CN(c2ccc(F)cc2)S(=O)(=O)c2ccc3c(c2)OCCO3)CC1. The monoisotopic (exact) mass is 492 g/mol. The summed E-state index contributed by atoms with van der Waals surface area (Å²) in [6.07, 6.45) is 0.869. The predicted octanol–water partition coefficient (Wildman–Crippen LogP) is 2.20. The van der Waals surface area contributed by atoms with Crippen molar-refractivity contribution >= 4 is 27.6 Å². The summed E-state index contributed by atoms with van der Waals surface area (Å²) in [6.45, 7) is 0.783. The molecule has 2 aliphatic heterocycles. The van der Waals surface area contributed by atoms with E-state index in [1.807, 2.05) is 0 Å². The van der Waals surface area contributed by atoms with E-state index in [1.54, 1.807) is 0 Å². The van der Waals surface area contributed by atoms with E-state index in [0.717, 1.165) is 16.4 Å². The van der Waals surface area contributed by atoms with Crippen LogP contribution in [0.25, 0.3) is 0 Å². The summed E-state index contributed by atoms with van der Waals surface area (Å²) in [5.74, 6) is -0.832. The van der Waals surface area contributed by atoms with Crippen LogP contribution in [0.15, 0.2) is 47.4 Å². The molecule has 2 aromatic carbocycles. The molecule has 0 atom stereocenters. The van der Waals surface area contributed by atoms with Gasteiger partial charge in [-0.3, -0.25) is 13.9 Å². The Kier molecular flexibility index (Phi) is 6.92. The van der Waals surface area contributed by atoms with Crippen molar-refractivity contribution in [2.24, 2.45) is 5.92 Å². The number of halogens is 1. The molecule has 2 aromatic rings. The van der Waals surface area contributed by atoms with Gasteiger partial charge in [0.2, 0.25) is 5.91 Å². The van der Waals surface area contributed by atoms with Crippen molar-refractivity contribution in [2.75, 3.05) is 44.3 Å². The van der Waals surface area contributed by atoms with Crippen LogP contribution in [-0.2, 0) is 24.3 Å². The molecule has 0 unspecified atom stereocenters. The standard InChI is InChI=1S/C23H25FN2O7S/c1-31-23(28)16-8-10-25(11-9-16)22(27)15-26(18-4-2-17(24)3-5-18)34(29,30)19-6-7-20-21(14-19)33-13-12-32-20/h2-7,14,16H,8-13,15H2,1H3. The summed E-state index contributed by atoms with van der Waals surface area (Å²) in [6, 6.07) is 9.12. The number of benzene rings is 2. The van der Waals surface area contributed by atoms with Crippen LogP contribution in [-0.4, -0.2) is 65.2 Å². The van der Waals surface area contributed by atoms with Gasteiger partial charge in [0.25, 0.3) is 10.0 Å². The normalized spacial score (nSPS) is 16.1. The number of ether oxygens (including phenoxy) is 3. The molecule has 34 heavy (non-hydrogen) atoms. The number of fused-ring (bicyclic) bond motifs is 1. The van der Waals surface area contributed by atoms with Crippen LogP contribution < -0.4 is 13.8 Å². The number of methoxy groups -OCH3 is 1. The van der Waals surface area contributed by atoms with Gasteiger partial charge in [-0.2, -0.15) is 0 Å². The summed E-state index contributed by atoms with van der Waals surface area (Å²) in [4.78, 5) is 26.3. The van der Waals surface area contributed by atoms with E-state index in [4.69, 9.17) is 14.2 Å². The van der Waals surface area contributed by atoms with Crippen LogP contribution in [0.1, 0.15) is 12.8 Å². The highest BCUT2D eigenvalue weighted by Gasteiger charge is 2.33. The maximum absolute atomic E-state index is 13.6. The van der Waals surface area contributed by atoms with E-state index in [2.05, 4.69) is 0 Å². The van der Waals surface area contributed by atoms with Gasteiger partial charge in [0.05, 0.1) is 23.6 Å². The van der Waals surface area contributed by atoms with E-state index in [0.29, 0.717) is 44.0 Å². The zero-order chi connectivity index (χ0) is 24.3. The van der Waals surface area contributed by atoms with Gasteiger partial charge >= 0.3 is 5.97 Å². The number of hydrogen-bond acceptors (Lipinski definition) is 7. The van der Waals surface area contributed by atoms with Crippen molar-refractivity contribution in [3.05, 3.63) is 48.3 Å². The Bertz CT molecular complexity index is 1160. The maximum atomic E-state index is 13.6. The topological polar surface area (TPSA) is 102 Å². The number of amides is 1. The lowest BCUT2D eigenvalue weighted by Crippen LogP contribution is -2.46. The quantitative estimate of drug-likeness (QED) is 0.570. The second-order valence-corrected chi connectivity index (χ2v) is 9.83. The van der Waals surface area contributed by atoms with E-state index in [9.17, 15) is 22.4 Å². The molecule has 2 heterocycles. The lowest BCUT2D eigenvalue weighted by atomic mass is 9.97. The van der Waals surface area contributed by atoms with Crippen LogP contribution in [0.2, 0.25) is 0 Å². The summed E-state index contributed by atoms with van der Waals surface area (Å²) in [5, 5.41) is 0. The van der Waals surface area contributed by atoms with E-state index < -0.39 is 28.3 Å². The van der Waals surface area contributed by atoms with Crippen LogP contribution in [0.3, 0.4) is 0 Å². The van der Waals surface area contributed by atoms with E-state index in [1.165, 1.54) is 42.3 Å². The molecule has 0 saturated carbocycles. The third kappa shape index (κ3) is 4.93. The molecule has 182 valence electrons. The molecular weight excluding hydrogens is 467 g/mol. The first-order valence-electron chi connectivity index (χ1n) is 10.8. The molecule has 2 aliphatic rings. The average Bonchev–Trinajstić information content (AvgIpc) is 2.87. The lowest BCUT2D eigenvalue weighted by Gasteiger charge is -2.33. The summed E-state index contributed by atoms with van der Waals surface area (Å²) >= 11 is 0. The highest BCUT2D eigenvalue weighted by molar-refractivity contribution is 7.92. The summed E-state index contributed by atoms with van der Waals surface area (Å²) < 4.78 is 57.4. The second kappa shape index (κ2) is 9.88. The molecule has 0 aromatic heterocycles. The van der Waals surface area contributed by atoms with Crippen molar-refractivity contribution in [3.8, 4) is 11.5 Å². The van der Waals surface area contributed by atoms with Gasteiger partial charge in [-0.15, -0.1) is 0 Å². The molecule has 1 fully saturated rings. The molecule has 9 nitrogen and oxygen atoms in total. The van der Waals surface area contributed by atoms with Gasteiger partial charge in [0, 0.05) is 19.2 Å². The minimum Gasteiger partial charge on any atom is -0.486 e. The molecule has 1 saturated heterocycles. The Morgan fingerprint density at radius 2 is 1.71 bits per heavy atom. The molecule has 0 radical (unpaired) electrons. The van der Waals surface area contributed by atoms with Gasteiger partial charge in [-0.25, -0.2) is 12.8 Å². The number of carbonyl (C=O) groups excluding carboxylic acids is 2. The number of piperidine rings is 1. The fourth-order valence-electron chi connectivity index (χ4n) is 3.99. The second-order valence-electron chi connectivity index (χ2n) is 7.97. The van der Waals surface area contributed by atoms with Gasteiger partial charge in [0.15, 0.2) is 11.5 Å². The van der Waals surface area contributed by atoms with Crippen molar-refractivity contribution in [2.45, 2.75) is 17.7 Å². The lowest BCUT2D eigenvalue weighted by molar-refractivity contribution is -0.148. The van der Waals surface area contributed by atoms with E-state index >= 15 is 0 Å². The zero-order valence-electron chi connectivity index (χ0n) is 18.6. The van der Waals surface area contributed by atoms with Crippen molar-refractivity contribution < 1.29 is 36.6 Å². The number of sulfonamides is 1. The summed E-state index contributed by atoms with van der Waals surface area (Å²) in [5.41, 5.74) is 0.147. The number of anilines is 1. The van der Waals surface area contributed by atoms with E-state index in [-0.39, 0.29) is 29.1 Å². The van der Waals surface area contributed by atoms with Gasteiger partial charge in [0.1, 0.15) is 25.6 Å². The Balaban J connectivity index is 1.59. The first-order valence-corrected chi connectivity index (χ1v) is 12.3. The number of nitrogens with zero attached hydrogens (tertiary/aromatic N) is 2. The highest BCUT2D eigenvalue weighted by atomic mass is 32.2. The van der Waals surface area contributed by atoms with Crippen molar-refractivity contribution in [1.29, 1.82) is 0 Å². The smallest absolute Gasteiger partial charge is 0.308 e. The average molecular weight is 493 g/mol. The first kappa shape index (κ1) is 23.8. The number of carbonyl (C=O) groups is 2. The third-order valence-electron chi connectivity index (χ3n) is 5.88. The highest BCUT2D eigenvalue weighted by Crippen LogP contribution is 2.34. The number of rotatable bonds is 6. The maximum Gasteiger partial charge on any atom is 0.308 e. The van der Waals surface area contributed by atoms with Crippen LogP contribution in [0.4, 0.5) is 10.1 Å². The Morgan fingerprint density at radius 1 is 1.06 bits per heavy atom.